The molecule has 2 aromatic rings. The van der Waals surface area contributed by atoms with E-state index < -0.39 is 0 Å². The van der Waals surface area contributed by atoms with Crippen LogP contribution in [0.4, 0.5) is 0 Å². The molecule has 2 heteroatoms. The lowest BCUT2D eigenvalue weighted by atomic mass is 9.96. The lowest BCUT2D eigenvalue weighted by Crippen LogP contribution is -2.06. The number of esters is 1. The smallest absolute Gasteiger partial charge is 0.338 e. The first-order valence-corrected chi connectivity index (χ1v) is 6.14. The average molecular weight is 252 g/mol. The predicted octanol–water partition coefficient (Wildman–Crippen LogP) is 3.79. The third kappa shape index (κ3) is 2.91. The largest absolute Gasteiger partial charge is 0.465 e. The van der Waals surface area contributed by atoms with E-state index in [2.05, 4.69) is 0 Å². The highest BCUT2D eigenvalue weighted by Gasteiger charge is 2.16. The lowest BCUT2D eigenvalue weighted by Gasteiger charge is -2.11. The van der Waals surface area contributed by atoms with Gasteiger partial charge in [0.2, 0.25) is 0 Å². The zero-order valence-corrected chi connectivity index (χ0v) is 11.1. The van der Waals surface area contributed by atoms with Gasteiger partial charge in [0.1, 0.15) is 0 Å². The van der Waals surface area contributed by atoms with Crippen LogP contribution in [0.5, 0.6) is 0 Å². The lowest BCUT2D eigenvalue weighted by molar-refractivity contribution is -0.133. The minimum Gasteiger partial charge on any atom is -0.465 e. The summed E-state index contributed by atoms with van der Waals surface area (Å²) in [4.78, 5) is 12.0. The number of allylic oxidation sites excluding steroid dienone is 1. The molecule has 0 aromatic heterocycles. The Kier molecular flexibility index (Phi) is 4.14. The quantitative estimate of drug-likeness (QED) is 0.472. The number of rotatable bonds is 3. The molecular formula is C17H16O2. The van der Waals surface area contributed by atoms with Crippen LogP contribution in [0.15, 0.2) is 60.7 Å². The molecule has 2 rings (SSSR count). The van der Waals surface area contributed by atoms with E-state index in [9.17, 15) is 4.79 Å². The number of methoxy groups -OCH3 is 1. The molecule has 0 saturated heterocycles. The van der Waals surface area contributed by atoms with Gasteiger partial charge in [0.15, 0.2) is 0 Å². The molecule has 0 bridgehead atoms. The fourth-order valence-electron chi connectivity index (χ4n) is 2.03. The summed E-state index contributed by atoms with van der Waals surface area (Å²) in [5.74, 6) is -0.312. The molecule has 0 aliphatic heterocycles. The minimum absolute atomic E-state index is 0.312. The van der Waals surface area contributed by atoms with Crippen LogP contribution in [0.1, 0.15) is 18.1 Å². The van der Waals surface area contributed by atoms with Crippen LogP contribution in [0.3, 0.4) is 0 Å². The maximum absolute atomic E-state index is 12.0. The van der Waals surface area contributed by atoms with Crippen molar-refractivity contribution < 1.29 is 9.53 Å². The third-order valence-electron chi connectivity index (χ3n) is 3.03. The van der Waals surface area contributed by atoms with E-state index in [1.807, 2.05) is 67.6 Å². The molecule has 2 aromatic carbocycles. The van der Waals surface area contributed by atoms with Gasteiger partial charge in [-0.3, -0.25) is 0 Å². The van der Waals surface area contributed by atoms with Crippen molar-refractivity contribution in [2.24, 2.45) is 0 Å². The van der Waals surface area contributed by atoms with Crippen molar-refractivity contribution in [1.82, 2.24) is 0 Å². The summed E-state index contributed by atoms with van der Waals surface area (Å²) in [5, 5.41) is 0. The molecule has 0 aliphatic rings. The standard InChI is InChI=1S/C17H16O2/c1-13(14-9-5-3-6-10-14)16(17(18)19-2)15-11-7-4-8-12-15/h3-12H,1-2H3/b16-13+. The van der Waals surface area contributed by atoms with Crippen LogP contribution < -0.4 is 0 Å². The summed E-state index contributed by atoms with van der Waals surface area (Å²) in [6, 6.07) is 19.4. The first kappa shape index (κ1) is 13.1. The van der Waals surface area contributed by atoms with Crippen molar-refractivity contribution in [2.45, 2.75) is 6.92 Å². The van der Waals surface area contributed by atoms with E-state index in [-0.39, 0.29) is 5.97 Å². The van der Waals surface area contributed by atoms with E-state index in [4.69, 9.17) is 4.74 Å². The van der Waals surface area contributed by atoms with Crippen LogP contribution in [0, 0.1) is 0 Å². The van der Waals surface area contributed by atoms with Crippen LogP contribution in [-0.4, -0.2) is 13.1 Å². The molecule has 0 saturated carbocycles. The first-order valence-electron chi connectivity index (χ1n) is 6.14. The maximum Gasteiger partial charge on any atom is 0.338 e. The highest BCUT2D eigenvalue weighted by molar-refractivity contribution is 6.24. The molecule has 0 N–H and O–H groups in total. The maximum atomic E-state index is 12.0. The molecule has 2 nitrogen and oxygen atoms in total. The Morgan fingerprint density at radius 2 is 1.32 bits per heavy atom. The molecule has 0 unspecified atom stereocenters. The molecule has 0 radical (unpaired) electrons. The van der Waals surface area contributed by atoms with Gasteiger partial charge in [-0.25, -0.2) is 4.79 Å². The van der Waals surface area contributed by atoms with E-state index in [1.165, 1.54) is 7.11 Å². The molecule has 96 valence electrons. The van der Waals surface area contributed by atoms with Crippen molar-refractivity contribution in [3.05, 3.63) is 71.8 Å². The fourth-order valence-corrected chi connectivity index (χ4v) is 2.03. The Morgan fingerprint density at radius 1 is 0.842 bits per heavy atom. The van der Waals surface area contributed by atoms with Crippen LogP contribution in [0.25, 0.3) is 11.1 Å². The van der Waals surface area contributed by atoms with Gasteiger partial charge in [0.25, 0.3) is 0 Å². The van der Waals surface area contributed by atoms with E-state index in [0.29, 0.717) is 5.57 Å². The Labute approximate surface area is 113 Å². The van der Waals surface area contributed by atoms with Gasteiger partial charge in [-0.2, -0.15) is 0 Å². The SMILES string of the molecule is COC(=O)/C(=C(\C)c1ccccc1)c1ccccc1. The molecule has 19 heavy (non-hydrogen) atoms. The van der Waals surface area contributed by atoms with Crippen molar-refractivity contribution >= 4 is 17.1 Å². The van der Waals surface area contributed by atoms with Crippen molar-refractivity contribution in [1.29, 1.82) is 0 Å². The number of hydrogen-bond acceptors (Lipinski definition) is 2. The number of hydrogen-bond donors (Lipinski definition) is 0. The summed E-state index contributed by atoms with van der Waals surface area (Å²) in [6.07, 6.45) is 0. The molecular weight excluding hydrogens is 236 g/mol. The first-order chi connectivity index (χ1) is 9.24. The predicted molar refractivity (Wildman–Crippen MR) is 77.4 cm³/mol. The fraction of sp³-hybridized carbons (Fsp3) is 0.118. The third-order valence-corrected chi connectivity index (χ3v) is 3.03. The van der Waals surface area contributed by atoms with Gasteiger partial charge in [0, 0.05) is 0 Å². The zero-order chi connectivity index (χ0) is 13.7. The van der Waals surface area contributed by atoms with Gasteiger partial charge in [0.05, 0.1) is 12.7 Å². The Bertz CT molecular complexity index is 583. The van der Waals surface area contributed by atoms with Crippen LogP contribution >= 0.6 is 0 Å². The summed E-state index contributed by atoms with van der Waals surface area (Å²) >= 11 is 0. The highest BCUT2D eigenvalue weighted by atomic mass is 16.5. The van der Waals surface area contributed by atoms with Gasteiger partial charge in [-0.15, -0.1) is 0 Å². The molecule has 0 atom stereocenters. The van der Waals surface area contributed by atoms with Gasteiger partial charge in [-0.05, 0) is 23.6 Å². The summed E-state index contributed by atoms with van der Waals surface area (Å²) in [7, 11) is 1.41. The summed E-state index contributed by atoms with van der Waals surface area (Å²) in [5.41, 5.74) is 3.41. The second-order valence-electron chi connectivity index (χ2n) is 4.22. The Hall–Kier alpha value is -2.35. The zero-order valence-electron chi connectivity index (χ0n) is 11.1. The van der Waals surface area contributed by atoms with Crippen molar-refractivity contribution in [3.63, 3.8) is 0 Å². The van der Waals surface area contributed by atoms with E-state index in [0.717, 1.165) is 16.7 Å². The van der Waals surface area contributed by atoms with E-state index in [1.54, 1.807) is 0 Å². The van der Waals surface area contributed by atoms with Crippen molar-refractivity contribution in [2.75, 3.05) is 7.11 Å². The Balaban J connectivity index is 2.58. The molecule has 0 spiro atoms. The average Bonchev–Trinajstić information content (AvgIpc) is 2.49. The second-order valence-corrected chi connectivity index (χ2v) is 4.22. The summed E-state index contributed by atoms with van der Waals surface area (Å²) in [6.45, 7) is 1.94. The van der Waals surface area contributed by atoms with Gasteiger partial charge in [-0.1, -0.05) is 60.7 Å². The number of ether oxygens (including phenoxy) is 1. The highest BCUT2D eigenvalue weighted by Crippen LogP contribution is 2.26. The monoisotopic (exact) mass is 252 g/mol. The topological polar surface area (TPSA) is 26.3 Å². The normalized spacial score (nSPS) is 11.7. The summed E-state index contributed by atoms with van der Waals surface area (Å²) < 4.78 is 4.91. The van der Waals surface area contributed by atoms with Crippen LogP contribution in [0.2, 0.25) is 0 Å². The molecule has 0 fully saturated rings. The second kappa shape index (κ2) is 6.01. The number of carbonyl (C=O) groups excluding carboxylic acids is 1. The van der Waals surface area contributed by atoms with Gasteiger partial charge >= 0.3 is 5.97 Å². The van der Waals surface area contributed by atoms with Crippen molar-refractivity contribution in [3.8, 4) is 0 Å². The number of carbonyl (C=O) groups is 1. The molecule has 0 aliphatic carbocycles. The molecule has 0 amide bonds. The molecule has 0 heterocycles. The Morgan fingerprint density at radius 3 is 1.79 bits per heavy atom. The van der Waals surface area contributed by atoms with Crippen LogP contribution in [-0.2, 0) is 9.53 Å². The van der Waals surface area contributed by atoms with Gasteiger partial charge < -0.3 is 4.74 Å². The van der Waals surface area contributed by atoms with E-state index >= 15 is 0 Å². The minimum atomic E-state index is -0.312. The number of benzene rings is 2.